The molecule has 2 aromatic carbocycles. The Hall–Kier alpha value is -2.86. The molecule has 5 nitrogen and oxygen atoms in total. The van der Waals surface area contributed by atoms with E-state index in [4.69, 9.17) is 0 Å². The summed E-state index contributed by atoms with van der Waals surface area (Å²) in [5.41, 5.74) is 2.76. The molecule has 2 heterocycles. The van der Waals surface area contributed by atoms with E-state index in [0.29, 0.717) is 17.6 Å². The molecule has 3 aromatic rings. The maximum absolute atomic E-state index is 13.1. The van der Waals surface area contributed by atoms with Gasteiger partial charge in [-0.3, -0.25) is 0 Å². The molecule has 6 heteroatoms. The fourth-order valence-electron chi connectivity index (χ4n) is 3.87. The molecular formula is C23H25FN4O. The molecule has 0 aliphatic carbocycles. The molecule has 0 spiro atoms. The number of aliphatic hydroxyl groups excluding tert-OH is 1. The normalized spacial score (nSPS) is 16.0. The highest BCUT2D eigenvalue weighted by Gasteiger charge is 2.26. The summed E-state index contributed by atoms with van der Waals surface area (Å²) in [7, 11) is 0. The molecule has 1 fully saturated rings. The van der Waals surface area contributed by atoms with E-state index in [-0.39, 0.29) is 11.9 Å². The summed E-state index contributed by atoms with van der Waals surface area (Å²) in [5.74, 6) is 0.608. The summed E-state index contributed by atoms with van der Waals surface area (Å²) in [5, 5.41) is 18.9. The largest absolute Gasteiger partial charge is 0.393 e. The predicted molar refractivity (Wildman–Crippen MR) is 111 cm³/mol. The second kappa shape index (κ2) is 9.09. The van der Waals surface area contributed by atoms with Crippen molar-refractivity contribution in [2.75, 3.05) is 18.0 Å². The molecule has 150 valence electrons. The summed E-state index contributed by atoms with van der Waals surface area (Å²) in [6, 6.07) is 16.5. The van der Waals surface area contributed by atoms with Crippen LogP contribution in [-0.4, -0.2) is 39.5 Å². The first-order chi connectivity index (χ1) is 14.2. The second-order valence-electron chi connectivity index (χ2n) is 7.56. The lowest BCUT2D eigenvalue weighted by Crippen LogP contribution is -2.39. The molecule has 29 heavy (non-hydrogen) atoms. The number of aliphatic hydroxyl groups is 1. The number of rotatable bonds is 6. The van der Waals surface area contributed by atoms with Crippen molar-refractivity contribution in [3.05, 3.63) is 72.2 Å². The van der Waals surface area contributed by atoms with E-state index in [1.807, 2.05) is 18.2 Å². The lowest BCUT2D eigenvalue weighted by atomic mass is 9.88. The van der Waals surface area contributed by atoms with E-state index in [0.717, 1.165) is 44.3 Å². The van der Waals surface area contributed by atoms with Crippen LogP contribution in [0.25, 0.3) is 11.3 Å². The van der Waals surface area contributed by atoms with Crippen LogP contribution in [0.4, 0.5) is 10.3 Å². The van der Waals surface area contributed by atoms with Gasteiger partial charge in [0.1, 0.15) is 5.82 Å². The predicted octanol–water partition coefficient (Wildman–Crippen LogP) is 3.89. The number of halogens is 1. The second-order valence-corrected chi connectivity index (χ2v) is 7.56. The van der Waals surface area contributed by atoms with Gasteiger partial charge in [0.2, 0.25) is 5.95 Å². The summed E-state index contributed by atoms with van der Waals surface area (Å²) < 4.78 is 13.1. The smallest absolute Gasteiger partial charge is 0.245 e. The Labute approximate surface area is 170 Å². The molecule has 0 bridgehead atoms. The molecule has 1 aromatic heterocycles. The van der Waals surface area contributed by atoms with E-state index >= 15 is 0 Å². The Morgan fingerprint density at radius 1 is 1.03 bits per heavy atom. The van der Waals surface area contributed by atoms with Gasteiger partial charge in [0.05, 0.1) is 18.0 Å². The number of piperidine rings is 1. The van der Waals surface area contributed by atoms with Gasteiger partial charge in [-0.15, -0.1) is 5.10 Å². The highest BCUT2D eigenvalue weighted by atomic mass is 19.1. The van der Waals surface area contributed by atoms with Crippen molar-refractivity contribution in [2.45, 2.75) is 31.8 Å². The number of aromatic nitrogens is 3. The van der Waals surface area contributed by atoms with Crippen LogP contribution in [0.15, 0.2) is 60.8 Å². The maximum atomic E-state index is 13.1. The van der Waals surface area contributed by atoms with E-state index in [1.165, 1.54) is 17.7 Å². The number of hydrogen-bond donors (Lipinski definition) is 1. The highest BCUT2D eigenvalue weighted by Crippen LogP contribution is 2.26. The molecule has 0 radical (unpaired) electrons. The van der Waals surface area contributed by atoms with Gasteiger partial charge in [-0.1, -0.05) is 30.3 Å². The van der Waals surface area contributed by atoms with Crippen LogP contribution in [0.1, 0.15) is 24.8 Å². The molecule has 1 aliphatic heterocycles. The monoisotopic (exact) mass is 392 g/mol. The number of aryl methyl sites for hydroxylation is 1. The first-order valence-corrected chi connectivity index (χ1v) is 10.1. The quantitative estimate of drug-likeness (QED) is 0.690. The Bertz CT molecular complexity index is 912. The molecule has 1 unspecified atom stereocenters. The van der Waals surface area contributed by atoms with E-state index in [9.17, 15) is 9.50 Å². The van der Waals surface area contributed by atoms with Gasteiger partial charge in [-0.25, -0.2) is 9.37 Å². The highest BCUT2D eigenvalue weighted by molar-refractivity contribution is 5.59. The Balaban J connectivity index is 1.33. The van der Waals surface area contributed by atoms with Crippen LogP contribution in [0.2, 0.25) is 0 Å². The van der Waals surface area contributed by atoms with Gasteiger partial charge in [0.15, 0.2) is 0 Å². The van der Waals surface area contributed by atoms with Gasteiger partial charge in [0, 0.05) is 18.7 Å². The third kappa shape index (κ3) is 4.95. The minimum absolute atomic E-state index is 0.274. The van der Waals surface area contributed by atoms with Crippen LogP contribution < -0.4 is 4.90 Å². The Morgan fingerprint density at radius 2 is 1.76 bits per heavy atom. The fraction of sp³-hybridized carbons (Fsp3) is 0.348. The van der Waals surface area contributed by atoms with Crippen LogP contribution in [0, 0.1) is 11.7 Å². The first-order valence-electron chi connectivity index (χ1n) is 10.1. The maximum Gasteiger partial charge on any atom is 0.245 e. The molecule has 1 atom stereocenters. The molecule has 0 saturated carbocycles. The summed E-state index contributed by atoms with van der Waals surface area (Å²) >= 11 is 0. The van der Waals surface area contributed by atoms with E-state index in [1.54, 1.807) is 18.3 Å². The Morgan fingerprint density at radius 3 is 2.48 bits per heavy atom. The average molecular weight is 392 g/mol. The molecule has 0 amide bonds. The van der Waals surface area contributed by atoms with Crippen LogP contribution in [-0.2, 0) is 6.42 Å². The summed E-state index contributed by atoms with van der Waals surface area (Å²) in [4.78, 5) is 6.72. The van der Waals surface area contributed by atoms with Gasteiger partial charge in [-0.05, 0) is 61.4 Å². The minimum Gasteiger partial charge on any atom is -0.393 e. The lowest BCUT2D eigenvalue weighted by molar-refractivity contribution is 0.0848. The van der Waals surface area contributed by atoms with Crippen LogP contribution in [0.5, 0.6) is 0 Å². The van der Waals surface area contributed by atoms with Crippen molar-refractivity contribution >= 4 is 5.95 Å². The van der Waals surface area contributed by atoms with E-state index in [2.05, 4.69) is 32.2 Å². The SMILES string of the molecule is OC(CCc1ccccc1)C1CCN(c2nncc(-c3ccc(F)cc3)n2)CC1. The van der Waals surface area contributed by atoms with Gasteiger partial charge in [0.25, 0.3) is 0 Å². The van der Waals surface area contributed by atoms with Crippen molar-refractivity contribution in [1.29, 1.82) is 0 Å². The van der Waals surface area contributed by atoms with Crippen molar-refractivity contribution in [3.63, 3.8) is 0 Å². The fourth-order valence-corrected chi connectivity index (χ4v) is 3.87. The van der Waals surface area contributed by atoms with Gasteiger partial charge in [-0.2, -0.15) is 5.10 Å². The number of anilines is 1. The van der Waals surface area contributed by atoms with Crippen molar-refractivity contribution < 1.29 is 9.50 Å². The number of nitrogens with zero attached hydrogens (tertiary/aromatic N) is 4. The summed E-state index contributed by atoms with van der Waals surface area (Å²) in [6.07, 6.45) is 4.79. The summed E-state index contributed by atoms with van der Waals surface area (Å²) in [6.45, 7) is 1.59. The van der Waals surface area contributed by atoms with E-state index < -0.39 is 0 Å². The Kier molecular flexibility index (Phi) is 6.10. The minimum atomic E-state index is -0.290. The average Bonchev–Trinajstić information content (AvgIpc) is 2.79. The zero-order valence-electron chi connectivity index (χ0n) is 16.3. The molecule has 1 N–H and O–H groups in total. The molecule has 1 saturated heterocycles. The van der Waals surface area contributed by atoms with Crippen molar-refractivity contribution in [2.24, 2.45) is 5.92 Å². The van der Waals surface area contributed by atoms with Crippen molar-refractivity contribution in [1.82, 2.24) is 15.2 Å². The lowest BCUT2D eigenvalue weighted by Gasteiger charge is -2.34. The first kappa shape index (κ1) is 19.5. The van der Waals surface area contributed by atoms with Crippen LogP contribution in [0.3, 0.4) is 0 Å². The van der Waals surface area contributed by atoms with Crippen LogP contribution >= 0.6 is 0 Å². The number of hydrogen-bond acceptors (Lipinski definition) is 5. The molecular weight excluding hydrogens is 367 g/mol. The zero-order chi connectivity index (χ0) is 20.1. The third-order valence-electron chi connectivity index (χ3n) is 5.63. The third-order valence-corrected chi connectivity index (χ3v) is 5.63. The van der Waals surface area contributed by atoms with Crippen molar-refractivity contribution in [3.8, 4) is 11.3 Å². The standard InChI is InChI=1S/C23H25FN4O/c24-20-9-7-18(8-10-20)21-16-25-27-23(26-21)28-14-12-19(13-15-28)22(29)11-6-17-4-2-1-3-5-17/h1-5,7-10,16,19,22,29H,6,11-15H2. The number of benzene rings is 2. The van der Waals surface area contributed by atoms with Gasteiger partial charge >= 0.3 is 0 Å². The molecule has 1 aliphatic rings. The topological polar surface area (TPSA) is 62.1 Å². The van der Waals surface area contributed by atoms with Gasteiger partial charge < -0.3 is 10.0 Å². The molecule has 4 rings (SSSR count). The zero-order valence-corrected chi connectivity index (χ0v) is 16.3.